The fourth-order valence-electron chi connectivity index (χ4n) is 2.84. The number of hydrogen-bond donors (Lipinski definition) is 4. The van der Waals surface area contributed by atoms with Crippen molar-refractivity contribution in [3.8, 4) is 0 Å². The van der Waals surface area contributed by atoms with Crippen molar-refractivity contribution in [1.29, 1.82) is 0 Å². The zero-order valence-electron chi connectivity index (χ0n) is 23.7. The molecule has 2 rings (SSSR count). The Hall–Kier alpha value is -4.12. The number of imidazole rings is 1. The van der Waals surface area contributed by atoms with Crippen LogP contribution in [0, 0.1) is 0 Å². The summed E-state index contributed by atoms with van der Waals surface area (Å²) < 4.78 is 40.6. The first-order chi connectivity index (χ1) is 19.7. The van der Waals surface area contributed by atoms with Crippen LogP contribution < -0.4 is 10.8 Å². The van der Waals surface area contributed by atoms with E-state index in [0.717, 1.165) is 0 Å². The van der Waals surface area contributed by atoms with Crippen molar-refractivity contribution in [3.63, 3.8) is 0 Å². The fraction of sp³-hybridized carbons (Fsp3) is 0.522. The Balaban J connectivity index is 0.000000962. The zero-order valence-corrected chi connectivity index (χ0v) is 24.6. The quantitative estimate of drug-likeness (QED) is 0.0959. The number of nitrogens with one attached hydrogen (secondary N) is 1. The van der Waals surface area contributed by atoms with Crippen LogP contribution in [-0.2, 0) is 49.0 Å². The van der Waals surface area contributed by atoms with Crippen LogP contribution >= 0.6 is 7.52 Å². The van der Waals surface area contributed by atoms with Gasteiger partial charge in [-0.2, -0.15) is 0 Å². The van der Waals surface area contributed by atoms with Gasteiger partial charge in [-0.05, 0) is 34.6 Å². The van der Waals surface area contributed by atoms with Crippen LogP contribution in [0.5, 0.6) is 0 Å². The lowest BCUT2D eigenvalue weighted by Gasteiger charge is -2.24. The van der Waals surface area contributed by atoms with Gasteiger partial charge in [-0.15, -0.1) is 0 Å². The first-order valence-corrected chi connectivity index (χ1v) is 14.2. The molecular weight excluding hydrogens is 583 g/mol. The average molecular weight is 619 g/mol. The number of carbonyl (C=O) groups excluding carboxylic acids is 2. The number of carbonyl (C=O) groups is 4. The van der Waals surface area contributed by atoms with Crippen LogP contribution in [0.4, 0.5) is 10.6 Å². The third-order valence-corrected chi connectivity index (χ3v) is 6.37. The van der Waals surface area contributed by atoms with E-state index >= 15 is 0 Å². The molecule has 2 heterocycles. The highest BCUT2D eigenvalue weighted by Gasteiger charge is 2.31. The zero-order chi connectivity index (χ0) is 31.9. The standard InChI is InChI=1S/C19H31N6O8P.C4H4O4/c1-6-29-18(26)14(5)24-34(28,32-10-30-19(27)33-12(2)3)11-31-13(4)7-25-9-23-15-16(20)21-8-22-17(15)25;5-3(6)1-2-4(7)8/h8-9,12-14H,6-7,10-11H2,1-5H3,(H,24,28)(H2,20,21,22);1-2H,(H,5,6)(H,7,8)/b;2-1+/t13-,14+,34?;/m1./s1. The van der Waals surface area contributed by atoms with E-state index in [9.17, 15) is 23.7 Å². The highest BCUT2D eigenvalue weighted by atomic mass is 31.2. The molecule has 0 fully saturated rings. The average Bonchev–Trinajstić information content (AvgIpc) is 3.30. The minimum atomic E-state index is -3.82. The maximum Gasteiger partial charge on any atom is 0.510 e. The molecule has 19 heteroatoms. The number of fused-ring (bicyclic) bond motifs is 1. The lowest BCUT2D eigenvalue weighted by atomic mass is 10.4. The summed E-state index contributed by atoms with van der Waals surface area (Å²) in [4.78, 5) is 54.9. The second-order valence-corrected chi connectivity index (χ2v) is 10.6. The molecule has 0 bridgehead atoms. The molecule has 42 heavy (non-hydrogen) atoms. The summed E-state index contributed by atoms with van der Waals surface area (Å²) in [5.41, 5.74) is 6.78. The van der Waals surface area contributed by atoms with Crippen molar-refractivity contribution >= 4 is 48.6 Å². The van der Waals surface area contributed by atoms with Gasteiger partial charge in [0.15, 0.2) is 11.5 Å². The van der Waals surface area contributed by atoms with Crippen LogP contribution in [0.25, 0.3) is 11.2 Å². The molecule has 0 aliphatic heterocycles. The Labute approximate surface area is 240 Å². The monoisotopic (exact) mass is 618 g/mol. The van der Waals surface area contributed by atoms with Crippen LogP contribution in [0.3, 0.4) is 0 Å². The summed E-state index contributed by atoms with van der Waals surface area (Å²) in [6.45, 7) is 7.93. The molecule has 234 valence electrons. The number of esters is 1. The lowest BCUT2D eigenvalue weighted by molar-refractivity contribution is -0.144. The molecule has 0 aliphatic carbocycles. The molecule has 0 radical (unpaired) electrons. The summed E-state index contributed by atoms with van der Waals surface area (Å²) in [5.74, 6) is -2.88. The van der Waals surface area contributed by atoms with Crippen LogP contribution in [0.15, 0.2) is 24.8 Å². The minimum Gasteiger partial charge on any atom is -0.478 e. The van der Waals surface area contributed by atoms with Gasteiger partial charge in [-0.1, -0.05) is 0 Å². The Morgan fingerprint density at radius 3 is 2.29 bits per heavy atom. The molecule has 2 aromatic rings. The molecule has 18 nitrogen and oxygen atoms in total. The van der Waals surface area contributed by atoms with Crippen molar-refractivity contribution < 1.29 is 57.4 Å². The predicted octanol–water partition coefficient (Wildman–Crippen LogP) is 1.75. The first-order valence-electron chi connectivity index (χ1n) is 12.4. The van der Waals surface area contributed by atoms with Gasteiger partial charge in [0, 0.05) is 12.2 Å². The third-order valence-electron chi connectivity index (χ3n) is 4.58. The normalized spacial score (nSPS) is 14.0. The molecule has 0 saturated carbocycles. The SMILES string of the molecule is CCOC(=O)[C@H](C)NP(=O)(CO[C@H](C)Cn1cnc2c(N)ncnc21)OCOC(=O)OC(C)C.O=C(O)/C=C/C(=O)O. The Morgan fingerprint density at radius 2 is 1.71 bits per heavy atom. The van der Waals surface area contributed by atoms with E-state index < -0.39 is 63.0 Å². The van der Waals surface area contributed by atoms with Gasteiger partial charge < -0.3 is 39.5 Å². The molecule has 2 aromatic heterocycles. The molecule has 5 N–H and O–H groups in total. The van der Waals surface area contributed by atoms with Gasteiger partial charge in [0.05, 0.1) is 31.7 Å². The van der Waals surface area contributed by atoms with E-state index in [1.54, 1.807) is 38.6 Å². The number of aromatic nitrogens is 4. The van der Waals surface area contributed by atoms with E-state index in [2.05, 4.69) is 20.0 Å². The molecule has 3 atom stereocenters. The lowest BCUT2D eigenvalue weighted by Crippen LogP contribution is -2.35. The summed E-state index contributed by atoms with van der Waals surface area (Å²) in [6.07, 6.45) is 1.70. The fourth-order valence-corrected chi connectivity index (χ4v) is 4.44. The van der Waals surface area contributed by atoms with Gasteiger partial charge in [0.2, 0.25) is 6.79 Å². The summed E-state index contributed by atoms with van der Waals surface area (Å²) in [7, 11) is -3.82. The second kappa shape index (κ2) is 17.6. The van der Waals surface area contributed by atoms with Gasteiger partial charge in [-0.3, -0.25) is 13.9 Å². The number of nitrogens with zero attached hydrogens (tertiary/aromatic N) is 4. The van der Waals surface area contributed by atoms with Crippen LogP contribution in [-0.4, -0.2) is 91.8 Å². The largest absolute Gasteiger partial charge is 0.510 e. The first kappa shape index (κ1) is 35.9. The number of nitrogens with two attached hydrogens (primary N) is 1. The van der Waals surface area contributed by atoms with E-state index in [4.69, 9.17) is 39.4 Å². The summed E-state index contributed by atoms with van der Waals surface area (Å²) in [5, 5.41) is 18.2. The van der Waals surface area contributed by atoms with Gasteiger partial charge in [0.25, 0.3) is 7.52 Å². The topological polar surface area (TPSA) is 254 Å². The molecule has 0 spiro atoms. The Morgan fingerprint density at radius 1 is 1.07 bits per heavy atom. The van der Waals surface area contributed by atoms with Crippen molar-refractivity contribution in [2.75, 3.05) is 25.5 Å². The molecule has 0 aliphatic rings. The number of rotatable bonds is 15. The van der Waals surface area contributed by atoms with Gasteiger partial charge >= 0.3 is 24.1 Å². The number of aliphatic carboxylic acids is 2. The number of ether oxygens (including phenoxy) is 4. The van der Waals surface area contributed by atoms with Crippen molar-refractivity contribution in [2.45, 2.75) is 59.4 Å². The smallest absolute Gasteiger partial charge is 0.478 e. The van der Waals surface area contributed by atoms with Crippen molar-refractivity contribution in [3.05, 3.63) is 24.8 Å². The number of nitrogen functional groups attached to an aromatic ring is 1. The number of carboxylic acid groups (broad SMARTS) is 2. The molecule has 0 amide bonds. The van der Waals surface area contributed by atoms with E-state index in [1.165, 1.54) is 13.3 Å². The van der Waals surface area contributed by atoms with Crippen LogP contribution in [0.2, 0.25) is 0 Å². The Kier molecular flexibility index (Phi) is 15.1. The third kappa shape index (κ3) is 13.5. The highest BCUT2D eigenvalue weighted by molar-refractivity contribution is 7.56. The van der Waals surface area contributed by atoms with Gasteiger partial charge in [0.1, 0.15) is 24.2 Å². The predicted molar refractivity (Wildman–Crippen MR) is 145 cm³/mol. The van der Waals surface area contributed by atoms with E-state index in [-0.39, 0.29) is 12.4 Å². The number of anilines is 1. The van der Waals surface area contributed by atoms with Crippen LogP contribution in [0.1, 0.15) is 34.6 Å². The number of hydrogen-bond acceptors (Lipinski definition) is 14. The maximum absolute atomic E-state index is 13.3. The van der Waals surface area contributed by atoms with E-state index in [0.29, 0.717) is 29.9 Å². The van der Waals surface area contributed by atoms with Gasteiger partial charge in [-0.25, -0.2) is 34.4 Å². The Bertz CT molecular complexity index is 1270. The molecule has 0 saturated heterocycles. The number of carboxylic acids is 2. The minimum absolute atomic E-state index is 0.153. The molecule has 1 unspecified atom stereocenters. The summed E-state index contributed by atoms with van der Waals surface area (Å²) in [6, 6.07) is -0.968. The molecule has 0 aromatic carbocycles. The van der Waals surface area contributed by atoms with Crippen molar-refractivity contribution in [1.82, 2.24) is 24.6 Å². The summed E-state index contributed by atoms with van der Waals surface area (Å²) >= 11 is 0. The second-order valence-electron chi connectivity index (χ2n) is 8.53. The molecular formula is C23H35N6O12P. The highest BCUT2D eigenvalue weighted by Crippen LogP contribution is 2.43. The van der Waals surface area contributed by atoms with E-state index in [1.807, 2.05) is 0 Å². The maximum atomic E-state index is 13.3. The van der Waals surface area contributed by atoms with Crippen molar-refractivity contribution in [2.24, 2.45) is 0 Å².